The molecule has 0 spiro atoms. The van der Waals surface area contributed by atoms with Crippen LogP contribution in [0.3, 0.4) is 0 Å². The molecule has 0 radical (unpaired) electrons. The molecule has 152 valence electrons. The third kappa shape index (κ3) is 6.42. The molecule has 0 fully saturated rings. The molecule has 0 aromatic heterocycles. The lowest BCUT2D eigenvalue weighted by molar-refractivity contribution is 0.415. The van der Waals surface area contributed by atoms with Gasteiger partial charge in [0.05, 0.1) is 18.5 Å². The molecule has 3 aromatic rings. The smallest absolute Gasteiger partial charge is 0.118 e. The van der Waals surface area contributed by atoms with E-state index in [9.17, 15) is 0 Å². The number of unbranched alkanes of at least 4 members (excludes halogenated alkanes) is 1. The van der Waals surface area contributed by atoms with Crippen LogP contribution in [-0.4, -0.2) is 14.2 Å². The highest BCUT2D eigenvalue weighted by Gasteiger charge is 2.07. The van der Waals surface area contributed by atoms with Crippen molar-refractivity contribution in [2.75, 3.05) is 24.8 Å². The Labute approximate surface area is 175 Å². The minimum absolute atomic E-state index is 0.832. The SMILES string of the molecule is C=C(Nc1cc(-c2ccccc2)ccc1NC)c1ccc(OC)cc1.CCCC. The van der Waals surface area contributed by atoms with Gasteiger partial charge in [0, 0.05) is 12.7 Å². The van der Waals surface area contributed by atoms with Gasteiger partial charge in [0.25, 0.3) is 0 Å². The first kappa shape index (κ1) is 22.1. The van der Waals surface area contributed by atoms with Crippen LogP contribution in [0.1, 0.15) is 32.3 Å². The van der Waals surface area contributed by atoms with E-state index < -0.39 is 0 Å². The van der Waals surface area contributed by atoms with Crippen molar-refractivity contribution in [2.45, 2.75) is 26.7 Å². The van der Waals surface area contributed by atoms with Crippen LogP contribution in [0.15, 0.2) is 79.4 Å². The molecule has 3 aromatic carbocycles. The van der Waals surface area contributed by atoms with Crippen LogP contribution in [0.4, 0.5) is 11.4 Å². The Hall–Kier alpha value is -3.20. The van der Waals surface area contributed by atoms with Crippen molar-refractivity contribution in [3.63, 3.8) is 0 Å². The lowest BCUT2D eigenvalue weighted by Gasteiger charge is -2.16. The highest BCUT2D eigenvalue weighted by Crippen LogP contribution is 2.31. The summed E-state index contributed by atoms with van der Waals surface area (Å²) >= 11 is 0. The molecule has 0 aliphatic carbocycles. The summed E-state index contributed by atoms with van der Waals surface area (Å²) in [6.45, 7) is 8.53. The summed E-state index contributed by atoms with van der Waals surface area (Å²) in [5, 5.41) is 6.65. The summed E-state index contributed by atoms with van der Waals surface area (Å²) in [6, 6.07) is 24.5. The molecule has 3 rings (SSSR count). The maximum absolute atomic E-state index is 5.21. The van der Waals surface area contributed by atoms with E-state index in [0.29, 0.717) is 0 Å². The number of methoxy groups -OCH3 is 1. The summed E-state index contributed by atoms with van der Waals surface area (Å²) in [5.41, 5.74) is 6.21. The van der Waals surface area contributed by atoms with Gasteiger partial charge in [-0.05, 0) is 53.1 Å². The molecule has 0 atom stereocenters. The van der Waals surface area contributed by atoms with Crippen molar-refractivity contribution in [3.8, 4) is 16.9 Å². The van der Waals surface area contributed by atoms with E-state index in [1.165, 1.54) is 18.4 Å². The summed E-state index contributed by atoms with van der Waals surface area (Å²) < 4.78 is 5.21. The summed E-state index contributed by atoms with van der Waals surface area (Å²) in [4.78, 5) is 0. The predicted molar refractivity (Wildman–Crippen MR) is 128 cm³/mol. The predicted octanol–water partition coefficient (Wildman–Crippen LogP) is 7.29. The average molecular weight is 389 g/mol. The van der Waals surface area contributed by atoms with E-state index in [2.05, 4.69) is 61.4 Å². The number of hydrogen-bond donors (Lipinski definition) is 2. The van der Waals surface area contributed by atoms with Crippen molar-refractivity contribution in [1.29, 1.82) is 0 Å². The van der Waals surface area contributed by atoms with Crippen LogP contribution in [-0.2, 0) is 0 Å². The third-order valence-electron chi connectivity index (χ3n) is 4.62. The normalized spacial score (nSPS) is 9.79. The second-order valence-corrected chi connectivity index (χ2v) is 6.71. The minimum Gasteiger partial charge on any atom is -0.497 e. The van der Waals surface area contributed by atoms with E-state index in [1.807, 2.05) is 49.5 Å². The molecular weight excluding hydrogens is 356 g/mol. The highest BCUT2D eigenvalue weighted by atomic mass is 16.5. The maximum atomic E-state index is 5.21. The van der Waals surface area contributed by atoms with Gasteiger partial charge in [0.15, 0.2) is 0 Å². The standard InChI is InChI=1S/C22H22N2O.C4H10/c1-16(17-9-12-20(25-3)13-10-17)24-22-15-19(11-14-21(22)23-2)18-7-5-4-6-8-18;1-3-4-2/h4-15,23-24H,1H2,2-3H3;3-4H2,1-2H3. The highest BCUT2D eigenvalue weighted by molar-refractivity contribution is 5.85. The van der Waals surface area contributed by atoms with Gasteiger partial charge in [0.1, 0.15) is 5.75 Å². The molecule has 0 saturated carbocycles. The molecule has 0 aliphatic heterocycles. The molecule has 3 heteroatoms. The number of hydrogen-bond acceptors (Lipinski definition) is 3. The zero-order valence-electron chi connectivity index (χ0n) is 18.0. The topological polar surface area (TPSA) is 33.3 Å². The Bertz CT molecular complexity index is 884. The number of benzene rings is 3. The molecule has 0 amide bonds. The fraction of sp³-hybridized carbons (Fsp3) is 0.231. The maximum Gasteiger partial charge on any atom is 0.118 e. The van der Waals surface area contributed by atoms with E-state index in [0.717, 1.165) is 33.9 Å². The second-order valence-electron chi connectivity index (χ2n) is 6.71. The monoisotopic (exact) mass is 388 g/mol. The van der Waals surface area contributed by atoms with Crippen molar-refractivity contribution >= 4 is 17.1 Å². The number of nitrogens with one attached hydrogen (secondary N) is 2. The largest absolute Gasteiger partial charge is 0.497 e. The summed E-state index contributed by atoms with van der Waals surface area (Å²) in [5.74, 6) is 0.832. The summed E-state index contributed by atoms with van der Waals surface area (Å²) in [7, 11) is 3.58. The fourth-order valence-electron chi connectivity index (χ4n) is 2.70. The zero-order valence-corrected chi connectivity index (χ0v) is 18.0. The molecule has 0 heterocycles. The van der Waals surface area contributed by atoms with Gasteiger partial charge < -0.3 is 15.4 Å². The summed E-state index contributed by atoms with van der Waals surface area (Å²) in [6.07, 6.45) is 2.64. The Morgan fingerprint density at radius 3 is 2.03 bits per heavy atom. The van der Waals surface area contributed by atoms with Gasteiger partial charge in [-0.1, -0.05) is 69.7 Å². The minimum atomic E-state index is 0.832. The van der Waals surface area contributed by atoms with Gasteiger partial charge in [-0.2, -0.15) is 0 Å². The third-order valence-corrected chi connectivity index (χ3v) is 4.62. The molecule has 0 bridgehead atoms. The fourth-order valence-corrected chi connectivity index (χ4v) is 2.70. The number of rotatable bonds is 7. The van der Waals surface area contributed by atoms with E-state index in [1.54, 1.807) is 7.11 Å². The van der Waals surface area contributed by atoms with Crippen molar-refractivity contribution in [3.05, 3.63) is 84.9 Å². The van der Waals surface area contributed by atoms with E-state index >= 15 is 0 Å². The second kappa shape index (κ2) is 11.6. The van der Waals surface area contributed by atoms with Gasteiger partial charge in [-0.3, -0.25) is 0 Å². The Morgan fingerprint density at radius 1 is 0.828 bits per heavy atom. The van der Waals surface area contributed by atoms with Crippen LogP contribution >= 0.6 is 0 Å². The van der Waals surface area contributed by atoms with Crippen molar-refractivity contribution in [2.24, 2.45) is 0 Å². The zero-order chi connectivity index (χ0) is 21.1. The number of ether oxygens (including phenoxy) is 1. The molecule has 2 N–H and O–H groups in total. The molecule has 0 saturated heterocycles. The first-order valence-corrected chi connectivity index (χ1v) is 10.1. The van der Waals surface area contributed by atoms with Crippen molar-refractivity contribution < 1.29 is 4.74 Å². The first-order valence-electron chi connectivity index (χ1n) is 10.1. The Kier molecular flexibility index (Phi) is 8.84. The Balaban J connectivity index is 0.000000687. The van der Waals surface area contributed by atoms with Gasteiger partial charge in [-0.15, -0.1) is 0 Å². The average Bonchev–Trinajstić information content (AvgIpc) is 2.79. The number of anilines is 2. The van der Waals surface area contributed by atoms with Crippen LogP contribution in [0, 0.1) is 0 Å². The van der Waals surface area contributed by atoms with E-state index in [4.69, 9.17) is 4.74 Å². The first-order chi connectivity index (χ1) is 14.1. The Morgan fingerprint density at radius 2 is 1.48 bits per heavy atom. The molecule has 3 nitrogen and oxygen atoms in total. The van der Waals surface area contributed by atoms with Crippen LogP contribution in [0.5, 0.6) is 5.75 Å². The van der Waals surface area contributed by atoms with Gasteiger partial charge >= 0.3 is 0 Å². The van der Waals surface area contributed by atoms with Crippen molar-refractivity contribution in [1.82, 2.24) is 0 Å². The van der Waals surface area contributed by atoms with Gasteiger partial charge in [0.2, 0.25) is 0 Å². The molecule has 0 unspecified atom stereocenters. The van der Waals surface area contributed by atoms with Crippen LogP contribution in [0.25, 0.3) is 16.8 Å². The molecule has 0 aliphatic rings. The lowest BCUT2D eigenvalue weighted by atomic mass is 10.0. The van der Waals surface area contributed by atoms with Crippen LogP contribution in [0.2, 0.25) is 0 Å². The quantitative estimate of drug-likeness (QED) is 0.446. The van der Waals surface area contributed by atoms with Crippen LogP contribution < -0.4 is 15.4 Å². The molecule has 29 heavy (non-hydrogen) atoms. The lowest BCUT2D eigenvalue weighted by Crippen LogP contribution is -2.01. The van der Waals surface area contributed by atoms with Gasteiger partial charge in [-0.25, -0.2) is 0 Å². The molecular formula is C26H32N2O. The van der Waals surface area contributed by atoms with E-state index in [-0.39, 0.29) is 0 Å².